The summed E-state index contributed by atoms with van der Waals surface area (Å²) in [5.41, 5.74) is 0. The molecule has 24 heavy (non-hydrogen) atoms. The van der Waals surface area contributed by atoms with E-state index in [1.165, 1.54) is 25.8 Å². The highest BCUT2D eigenvalue weighted by molar-refractivity contribution is 7.92. The largest absolute Gasteiger partial charge is 0.357 e. The van der Waals surface area contributed by atoms with E-state index in [9.17, 15) is 8.42 Å². The second-order valence-corrected chi connectivity index (χ2v) is 10.4. The Hall–Kier alpha value is -0.820. The Morgan fingerprint density at radius 1 is 1.29 bits per heavy atom. The summed E-state index contributed by atoms with van der Waals surface area (Å²) in [6.07, 6.45) is 3.90. The van der Waals surface area contributed by atoms with Crippen molar-refractivity contribution in [1.29, 1.82) is 0 Å². The van der Waals surface area contributed by atoms with Crippen LogP contribution in [0.1, 0.15) is 47.0 Å². The zero-order valence-electron chi connectivity index (χ0n) is 15.7. The Kier molecular flexibility index (Phi) is 6.53. The number of nitrogens with one attached hydrogen (secondary N) is 1. The van der Waals surface area contributed by atoms with Crippen molar-refractivity contribution in [3.05, 3.63) is 0 Å². The van der Waals surface area contributed by atoms with Crippen LogP contribution < -0.4 is 5.32 Å². The zero-order chi connectivity index (χ0) is 17.8. The Morgan fingerprint density at radius 3 is 2.67 bits per heavy atom. The van der Waals surface area contributed by atoms with Crippen molar-refractivity contribution in [1.82, 2.24) is 15.1 Å². The van der Waals surface area contributed by atoms with E-state index < -0.39 is 14.6 Å². The van der Waals surface area contributed by atoms with Gasteiger partial charge in [-0.1, -0.05) is 6.42 Å². The van der Waals surface area contributed by atoms with E-state index in [4.69, 9.17) is 4.99 Å². The van der Waals surface area contributed by atoms with Crippen molar-refractivity contribution in [2.75, 3.05) is 45.0 Å². The van der Waals surface area contributed by atoms with Gasteiger partial charge in [0.2, 0.25) is 0 Å². The summed E-state index contributed by atoms with van der Waals surface area (Å²) in [6, 6.07) is 0.649. The Labute approximate surface area is 147 Å². The minimum atomic E-state index is -3.02. The van der Waals surface area contributed by atoms with Gasteiger partial charge in [0.05, 0.1) is 17.0 Å². The molecule has 2 rings (SSSR count). The molecular formula is C17H34N4O2S. The molecule has 7 heteroatoms. The average molecular weight is 359 g/mol. The summed E-state index contributed by atoms with van der Waals surface area (Å²) >= 11 is 0. The molecule has 0 aromatic carbocycles. The third kappa shape index (κ3) is 4.63. The van der Waals surface area contributed by atoms with Crippen LogP contribution in [0.15, 0.2) is 4.99 Å². The molecule has 2 heterocycles. The summed E-state index contributed by atoms with van der Waals surface area (Å²) in [6.45, 7) is 12.7. The van der Waals surface area contributed by atoms with Gasteiger partial charge in [0.15, 0.2) is 15.8 Å². The lowest BCUT2D eigenvalue weighted by Crippen LogP contribution is -2.57. The van der Waals surface area contributed by atoms with E-state index in [2.05, 4.69) is 22.0 Å². The fourth-order valence-corrected chi connectivity index (χ4v) is 4.89. The number of nitrogens with zero attached hydrogens (tertiary/aromatic N) is 3. The molecule has 1 N–H and O–H groups in total. The average Bonchev–Trinajstić information content (AvgIpc) is 2.51. The minimum absolute atomic E-state index is 0.202. The highest BCUT2D eigenvalue weighted by Gasteiger charge is 2.40. The summed E-state index contributed by atoms with van der Waals surface area (Å²) in [7, 11) is -3.02. The van der Waals surface area contributed by atoms with Crippen LogP contribution in [0.25, 0.3) is 0 Å². The van der Waals surface area contributed by atoms with E-state index in [-0.39, 0.29) is 5.75 Å². The van der Waals surface area contributed by atoms with Crippen molar-refractivity contribution in [2.24, 2.45) is 4.99 Å². The molecule has 0 spiro atoms. The lowest BCUT2D eigenvalue weighted by atomic mass is 10.0. The van der Waals surface area contributed by atoms with Crippen LogP contribution >= 0.6 is 0 Å². The molecule has 2 aliphatic rings. The zero-order valence-corrected chi connectivity index (χ0v) is 16.5. The first-order chi connectivity index (χ1) is 11.3. The van der Waals surface area contributed by atoms with E-state index >= 15 is 0 Å². The van der Waals surface area contributed by atoms with Gasteiger partial charge < -0.3 is 10.2 Å². The fourth-order valence-electron chi connectivity index (χ4n) is 3.52. The Morgan fingerprint density at radius 2 is 2.04 bits per heavy atom. The number of aliphatic imine (C=N–C) groups is 1. The van der Waals surface area contributed by atoms with Gasteiger partial charge in [0.1, 0.15) is 0 Å². The van der Waals surface area contributed by atoms with Gasteiger partial charge in [0.25, 0.3) is 0 Å². The molecule has 0 radical (unpaired) electrons. The molecule has 1 unspecified atom stereocenters. The summed E-state index contributed by atoms with van der Waals surface area (Å²) in [4.78, 5) is 9.39. The first kappa shape index (κ1) is 19.5. The van der Waals surface area contributed by atoms with Gasteiger partial charge >= 0.3 is 0 Å². The van der Waals surface area contributed by atoms with Crippen LogP contribution in [0.2, 0.25) is 0 Å². The molecule has 2 aliphatic heterocycles. The molecule has 0 bridgehead atoms. The molecule has 0 aromatic heterocycles. The van der Waals surface area contributed by atoms with Gasteiger partial charge in [0, 0.05) is 32.2 Å². The highest BCUT2D eigenvalue weighted by atomic mass is 32.2. The number of hydrogen-bond acceptors (Lipinski definition) is 4. The lowest BCUT2D eigenvalue weighted by molar-refractivity contribution is 0.165. The molecule has 1 atom stereocenters. The predicted molar refractivity (Wildman–Crippen MR) is 100 cm³/mol. The van der Waals surface area contributed by atoms with Gasteiger partial charge in [-0.15, -0.1) is 0 Å². The summed E-state index contributed by atoms with van der Waals surface area (Å²) in [5, 5.41) is 3.33. The van der Waals surface area contributed by atoms with Crippen LogP contribution in [-0.4, -0.2) is 80.0 Å². The third-order valence-electron chi connectivity index (χ3n) is 5.27. The van der Waals surface area contributed by atoms with Gasteiger partial charge in [-0.05, 0) is 47.1 Å². The molecule has 0 saturated carbocycles. The van der Waals surface area contributed by atoms with Gasteiger partial charge in [-0.25, -0.2) is 8.42 Å². The normalized spacial score (nSPS) is 27.9. The molecule has 140 valence electrons. The van der Waals surface area contributed by atoms with E-state index in [0.29, 0.717) is 19.1 Å². The number of piperidine rings is 1. The van der Waals surface area contributed by atoms with E-state index in [1.54, 1.807) is 0 Å². The van der Waals surface area contributed by atoms with E-state index in [0.717, 1.165) is 25.6 Å². The SMILES string of the molecule is CCNC(=NCCN1CCCCC1C)N1CCS(=O)(=O)C(C)(C)C1. The number of likely N-dealkylation sites (tertiary alicyclic amines) is 1. The standard InChI is InChI=1S/C17H34N4O2S/c1-5-18-16(19-9-11-20-10-7-6-8-15(20)2)21-12-13-24(22,23)17(3,4)14-21/h15H,5-14H2,1-4H3,(H,18,19). The van der Waals surface area contributed by atoms with Crippen LogP contribution in [0.3, 0.4) is 0 Å². The van der Waals surface area contributed by atoms with Crippen molar-refractivity contribution < 1.29 is 8.42 Å². The maximum absolute atomic E-state index is 12.2. The second-order valence-electron chi connectivity index (χ2n) is 7.62. The van der Waals surface area contributed by atoms with Crippen molar-refractivity contribution in [3.63, 3.8) is 0 Å². The highest BCUT2D eigenvalue weighted by Crippen LogP contribution is 2.23. The van der Waals surface area contributed by atoms with E-state index in [1.807, 2.05) is 20.8 Å². The molecule has 0 aromatic rings. The second kappa shape index (κ2) is 8.04. The maximum Gasteiger partial charge on any atom is 0.194 e. The Balaban J connectivity index is 1.98. The van der Waals surface area contributed by atoms with Crippen molar-refractivity contribution in [3.8, 4) is 0 Å². The smallest absolute Gasteiger partial charge is 0.194 e. The molecule has 6 nitrogen and oxygen atoms in total. The topological polar surface area (TPSA) is 65.0 Å². The predicted octanol–water partition coefficient (Wildman–Crippen LogP) is 1.34. The summed E-state index contributed by atoms with van der Waals surface area (Å²) < 4.78 is 23.7. The van der Waals surface area contributed by atoms with Crippen LogP contribution in [-0.2, 0) is 9.84 Å². The number of hydrogen-bond donors (Lipinski definition) is 1. The molecule has 2 saturated heterocycles. The molecule has 0 amide bonds. The number of guanidine groups is 1. The molecule has 0 aliphatic carbocycles. The molecular weight excluding hydrogens is 324 g/mol. The van der Waals surface area contributed by atoms with Crippen LogP contribution in [0, 0.1) is 0 Å². The monoisotopic (exact) mass is 358 g/mol. The minimum Gasteiger partial charge on any atom is -0.357 e. The van der Waals surface area contributed by atoms with Gasteiger partial charge in [-0.2, -0.15) is 0 Å². The lowest BCUT2D eigenvalue weighted by Gasteiger charge is -2.39. The van der Waals surface area contributed by atoms with Crippen LogP contribution in [0.4, 0.5) is 0 Å². The Bertz CT molecular complexity index is 545. The quantitative estimate of drug-likeness (QED) is 0.607. The first-order valence-electron chi connectivity index (χ1n) is 9.26. The van der Waals surface area contributed by atoms with Crippen molar-refractivity contribution in [2.45, 2.75) is 57.7 Å². The van der Waals surface area contributed by atoms with Crippen molar-refractivity contribution >= 4 is 15.8 Å². The maximum atomic E-state index is 12.2. The molecule has 2 fully saturated rings. The first-order valence-corrected chi connectivity index (χ1v) is 10.9. The number of sulfone groups is 1. The fraction of sp³-hybridized carbons (Fsp3) is 0.941. The number of rotatable bonds is 4. The van der Waals surface area contributed by atoms with Crippen LogP contribution in [0.5, 0.6) is 0 Å². The summed E-state index contributed by atoms with van der Waals surface area (Å²) in [5.74, 6) is 1.05. The third-order valence-corrected chi connectivity index (χ3v) is 7.80. The van der Waals surface area contributed by atoms with Gasteiger partial charge in [-0.3, -0.25) is 9.89 Å².